The Balaban J connectivity index is 1.88. The third-order valence-electron chi connectivity index (χ3n) is 3.68. The van der Waals surface area contributed by atoms with E-state index in [2.05, 4.69) is 31.3 Å². The molecule has 1 N–H and O–H groups in total. The molecule has 0 aliphatic carbocycles. The van der Waals surface area contributed by atoms with Crippen LogP contribution in [0.25, 0.3) is 11.1 Å². The number of ether oxygens (including phenoxy) is 1. The lowest BCUT2D eigenvalue weighted by Gasteiger charge is -2.15. The second-order valence-electron chi connectivity index (χ2n) is 5.26. The van der Waals surface area contributed by atoms with Gasteiger partial charge in [0.05, 0.1) is 0 Å². The van der Waals surface area contributed by atoms with E-state index >= 15 is 0 Å². The molecule has 0 saturated carbocycles. The molecule has 22 heavy (non-hydrogen) atoms. The van der Waals surface area contributed by atoms with E-state index in [1.165, 1.54) is 5.56 Å². The average molecular weight is 297 g/mol. The predicted molar refractivity (Wildman–Crippen MR) is 89.9 cm³/mol. The van der Waals surface area contributed by atoms with E-state index in [1.54, 1.807) is 0 Å². The number of nitrogens with one attached hydrogen (secondary N) is 1. The van der Waals surface area contributed by atoms with Crippen molar-refractivity contribution in [3.05, 3.63) is 54.6 Å². The molecular weight excluding hydrogens is 274 g/mol. The number of carbonyl (C=O) groups is 1. The molecule has 2 aromatic carbocycles. The van der Waals surface area contributed by atoms with Crippen LogP contribution in [0.4, 0.5) is 0 Å². The van der Waals surface area contributed by atoms with Crippen LogP contribution >= 0.6 is 0 Å². The first-order valence-electron chi connectivity index (χ1n) is 7.80. The van der Waals surface area contributed by atoms with Crippen LogP contribution in [0.2, 0.25) is 0 Å². The normalized spacial score (nSPS) is 10.5. The number of rotatable bonds is 7. The molecule has 0 spiro atoms. The van der Waals surface area contributed by atoms with Crippen molar-refractivity contribution in [2.45, 2.75) is 32.7 Å². The highest BCUT2D eigenvalue weighted by Gasteiger charge is 2.08. The number of carbonyl (C=O) groups excluding carboxylic acids is 1. The summed E-state index contributed by atoms with van der Waals surface area (Å²) in [5.41, 5.74) is 2.30. The van der Waals surface area contributed by atoms with Gasteiger partial charge < -0.3 is 10.1 Å². The van der Waals surface area contributed by atoms with Gasteiger partial charge in [-0.3, -0.25) is 4.79 Å². The molecule has 0 atom stereocenters. The molecular formula is C19H23NO2. The number of hydrogen-bond donors (Lipinski definition) is 1. The Labute approximate surface area is 132 Å². The molecule has 0 aliphatic heterocycles. The fourth-order valence-electron chi connectivity index (χ4n) is 2.29. The van der Waals surface area contributed by atoms with E-state index in [0.29, 0.717) is 5.75 Å². The van der Waals surface area contributed by atoms with Crippen molar-refractivity contribution in [3.63, 3.8) is 0 Å². The van der Waals surface area contributed by atoms with Crippen molar-refractivity contribution in [2.24, 2.45) is 0 Å². The third-order valence-corrected chi connectivity index (χ3v) is 3.68. The summed E-state index contributed by atoms with van der Waals surface area (Å²) in [7, 11) is 0. The van der Waals surface area contributed by atoms with E-state index in [-0.39, 0.29) is 18.6 Å². The SMILES string of the molecule is CCC(CC)NC(=O)COc1ccc(-c2ccccc2)cc1. The molecule has 116 valence electrons. The van der Waals surface area contributed by atoms with Gasteiger partial charge in [0.15, 0.2) is 6.61 Å². The average Bonchev–Trinajstić information content (AvgIpc) is 2.59. The highest BCUT2D eigenvalue weighted by atomic mass is 16.5. The lowest BCUT2D eigenvalue weighted by atomic mass is 10.1. The largest absolute Gasteiger partial charge is 0.484 e. The molecule has 1 amide bonds. The molecule has 2 rings (SSSR count). The summed E-state index contributed by atoms with van der Waals surface area (Å²) >= 11 is 0. The molecule has 0 radical (unpaired) electrons. The second kappa shape index (κ2) is 8.23. The Kier molecular flexibility index (Phi) is 6.01. The quantitative estimate of drug-likeness (QED) is 0.837. The van der Waals surface area contributed by atoms with E-state index < -0.39 is 0 Å². The summed E-state index contributed by atoms with van der Waals surface area (Å²) in [6.07, 6.45) is 1.88. The van der Waals surface area contributed by atoms with Crippen LogP contribution in [0.3, 0.4) is 0 Å². The minimum atomic E-state index is -0.0687. The van der Waals surface area contributed by atoms with Crippen molar-refractivity contribution in [1.82, 2.24) is 5.32 Å². The summed E-state index contributed by atoms with van der Waals surface area (Å²) in [4.78, 5) is 11.8. The molecule has 0 heterocycles. The van der Waals surface area contributed by atoms with Gasteiger partial charge in [-0.2, -0.15) is 0 Å². The zero-order valence-electron chi connectivity index (χ0n) is 13.2. The molecule has 0 bridgehead atoms. The highest BCUT2D eigenvalue weighted by Crippen LogP contribution is 2.21. The Morgan fingerprint density at radius 3 is 2.14 bits per heavy atom. The fraction of sp³-hybridized carbons (Fsp3) is 0.316. The number of hydrogen-bond acceptors (Lipinski definition) is 2. The van der Waals surface area contributed by atoms with Gasteiger partial charge in [0.2, 0.25) is 0 Å². The Hall–Kier alpha value is -2.29. The minimum absolute atomic E-state index is 0.0567. The van der Waals surface area contributed by atoms with Crippen molar-refractivity contribution in [1.29, 1.82) is 0 Å². The molecule has 3 heteroatoms. The van der Waals surface area contributed by atoms with Gasteiger partial charge in [0, 0.05) is 6.04 Å². The van der Waals surface area contributed by atoms with Crippen molar-refractivity contribution in [3.8, 4) is 16.9 Å². The maximum Gasteiger partial charge on any atom is 0.258 e. The van der Waals surface area contributed by atoms with Crippen LogP contribution in [0, 0.1) is 0 Å². The summed E-state index contributed by atoms with van der Waals surface area (Å²) in [6, 6.07) is 18.2. The van der Waals surface area contributed by atoms with Crippen LogP contribution < -0.4 is 10.1 Å². The van der Waals surface area contributed by atoms with Gasteiger partial charge >= 0.3 is 0 Å². The first-order valence-corrected chi connectivity index (χ1v) is 7.80. The lowest BCUT2D eigenvalue weighted by molar-refractivity contribution is -0.123. The van der Waals surface area contributed by atoms with Crippen molar-refractivity contribution in [2.75, 3.05) is 6.61 Å². The van der Waals surface area contributed by atoms with Crippen LogP contribution in [0.15, 0.2) is 54.6 Å². The van der Waals surface area contributed by atoms with E-state index in [1.807, 2.05) is 42.5 Å². The zero-order valence-corrected chi connectivity index (χ0v) is 13.2. The summed E-state index contributed by atoms with van der Waals surface area (Å²) in [6.45, 7) is 4.19. The van der Waals surface area contributed by atoms with Gasteiger partial charge in [-0.1, -0.05) is 56.3 Å². The zero-order chi connectivity index (χ0) is 15.8. The molecule has 2 aromatic rings. The van der Waals surface area contributed by atoms with E-state index in [9.17, 15) is 4.79 Å². The van der Waals surface area contributed by atoms with Gasteiger partial charge in [-0.15, -0.1) is 0 Å². The van der Waals surface area contributed by atoms with Gasteiger partial charge in [-0.25, -0.2) is 0 Å². The lowest BCUT2D eigenvalue weighted by Crippen LogP contribution is -2.37. The van der Waals surface area contributed by atoms with Gasteiger partial charge in [0.25, 0.3) is 5.91 Å². The van der Waals surface area contributed by atoms with Gasteiger partial charge in [-0.05, 0) is 36.1 Å². The Morgan fingerprint density at radius 1 is 0.955 bits per heavy atom. The maximum atomic E-state index is 11.8. The number of amides is 1. The second-order valence-corrected chi connectivity index (χ2v) is 5.26. The highest BCUT2D eigenvalue weighted by molar-refractivity contribution is 5.77. The monoisotopic (exact) mass is 297 g/mol. The molecule has 0 unspecified atom stereocenters. The van der Waals surface area contributed by atoms with Gasteiger partial charge in [0.1, 0.15) is 5.75 Å². The smallest absolute Gasteiger partial charge is 0.258 e. The van der Waals surface area contributed by atoms with Crippen LogP contribution in [-0.2, 0) is 4.79 Å². The summed E-state index contributed by atoms with van der Waals surface area (Å²) in [5.74, 6) is 0.639. The molecule has 0 aliphatic rings. The molecule has 0 aromatic heterocycles. The number of benzene rings is 2. The van der Waals surface area contributed by atoms with Crippen LogP contribution in [0.1, 0.15) is 26.7 Å². The first kappa shape index (κ1) is 16.1. The standard InChI is InChI=1S/C19H23NO2/c1-3-17(4-2)20-19(21)14-22-18-12-10-16(11-13-18)15-8-6-5-7-9-15/h5-13,17H,3-4,14H2,1-2H3,(H,20,21). The summed E-state index contributed by atoms with van der Waals surface area (Å²) in [5, 5.41) is 2.96. The maximum absolute atomic E-state index is 11.8. The Bertz CT molecular complexity index is 574. The minimum Gasteiger partial charge on any atom is -0.484 e. The molecule has 0 saturated heterocycles. The van der Waals surface area contributed by atoms with E-state index in [4.69, 9.17) is 4.74 Å². The van der Waals surface area contributed by atoms with Crippen molar-refractivity contribution >= 4 is 5.91 Å². The van der Waals surface area contributed by atoms with Crippen molar-refractivity contribution < 1.29 is 9.53 Å². The molecule has 0 fully saturated rings. The predicted octanol–water partition coefficient (Wildman–Crippen LogP) is 4.04. The van der Waals surface area contributed by atoms with Crippen LogP contribution in [-0.4, -0.2) is 18.6 Å². The topological polar surface area (TPSA) is 38.3 Å². The van der Waals surface area contributed by atoms with Crippen LogP contribution in [0.5, 0.6) is 5.75 Å². The Morgan fingerprint density at radius 2 is 1.55 bits per heavy atom. The first-order chi connectivity index (χ1) is 10.7. The van der Waals surface area contributed by atoms with E-state index in [0.717, 1.165) is 18.4 Å². The molecule has 3 nitrogen and oxygen atoms in total. The fourth-order valence-corrected chi connectivity index (χ4v) is 2.29. The third kappa shape index (κ3) is 4.62. The summed E-state index contributed by atoms with van der Waals surface area (Å²) < 4.78 is 5.54.